The van der Waals surface area contributed by atoms with Crippen LogP contribution in [-0.2, 0) is 4.79 Å². The first-order valence-electron chi connectivity index (χ1n) is 5.82. The van der Waals surface area contributed by atoms with Crippen molar-refractivity contribution < 1.29 is 19.5 Å². The normalized spacial score (nSPS) is 29.1. The second-order valence-electron chi connectivity index (χ2n) is 4.55. The molecular weight excluding hydrogens is 240 g/mol. The molecule has 2 rings (SSSR count). The second kappa shape index (κ2) is 4.35. The highest BCUT2D eigenvalue weighted by Gasteiger charge is 2.49. The number of nitrogens with zero attached hydrogens (tertiary/aromatic N) is 1. The minimum absolute atomic E-state index is 0.267. The van der Waals surface area contributed by atoms with E-state index in [2.05, 4.69) is 16.0 Å². The van der Waals surface area contributed by atoms with Crippen molar-refractivity contribution in [2.45, 2.75) is 38.6 Å². The quantitative estimate of drug-likeness (QED) is 0.546. The van der Waals surface area contributed by atoms with Crippen molar-refractivity contribution in [3.05, 3.63) is 0 Å². The van der Waals surface area contributed by atoms with Gasteiger partial charge in [-0.05, 0) is 5.92 Å². The van der Waals surface area contributed by atoms with E-state index in [1.165, 1.54) is 0 Å². The molecule has 0 aromatic rings. The van der Waals surface area contributed by atoms with E-state index in [1.807, 2.05) is 6.92 Å². The summed E-state index contributed by atoms with van der Waals surface area (Å²) in [6.45, 7) is 3.56. The maximum atomic E-state index is 11.8. The number of carbonyl (C=O) groups excluding carboxylic acids is 3. The molecule has 0 saturated carbocycles. The molecule has 2 saturated heterocycles. The number of carboxylic acids is 1. The van der Waals surface area contributed by atoms with Crippen molar-refractivity contribution in [1.82, 2.24) is 20.9 Å². The van der Waals surface area contributed by atoms with Crippen molar-refractivity contribution in [3.63, 3.8) is 0 Å². The number of nitrogens with one attached hydrogen (secondary N) is 3. The summed E-state index contributed by atoms with van der Waals surface area (Å²) in [7, 11) is 0. The van der Waals surface area contributed by atoms with Crippen LogP contribution in [0.3, 0.4) is 0 Å². The zero-order valence-corrected chi connectivity index (χ0v) is 10.1. The molecule has 3 N–H and O–H groups in total. The topological polar surface area (TPSA) is 114 Å². The fourth-order valence-electron chi connectivity index (χ4n) is 2.30. The fourth-order valence-corrected chi connectivity index (χ4v) is 2.30. The van der Waals surface area contributed by atoms with E-state index in [-0.39, 0.29) is 5.92 Å². The van der Waals surface area contributed by atoms with Gasteiger partial charge in [0.2, 0.25) is 0 Å². The fraction of sp³-hybridized carbons (Fsp3) is 0.700. The van der Waals surface area contributed by atoms with Gasteiger partial charge in [0.05, 0.1) is 12.0 Å². The Morgan fingerprint density at radius 1 is 1.39 bits per heavy atom. The average Bonchev–Trinajstić information content (AvgIpc) is 2.76. The number of aliphatic carboxylic acids is 1. The van der Waals surface area contributed by atoms with Crippen LogP contribution in [0.5, 0.6) is 0 Å². The van der Waals surface area contributed by atoms with Gasteiger partial charge in [0.1, 0.15) is 12.3 Å². The molecule has 4 atom stereocenters. The summed E-state index contributed by atoms with van der Waals surface area (Å²) in [5.74, 6) is -1.58. The lowest BCUT2D eigenvalue weighted by Crippen LogP contribution is -2.58. The summed E-state index contributed by atoms with van der Waals surface area (Å²) in [6, 6.07) is -2.02. The monoisotopic (exact) mass is 255 g/mol. The van der Waals surface area contributed by atoms with Crippen LogP contribution in [-0.4, -0.2) is 41.3 Å². The van der Waals surface area contributed by atoms with E-state index < -0.39 is 36.4 Å². The summed E-state index contributed by atoms with van der Waals surface area (Å²) in [4.78, 5) is 35.3. The average molecular weight is 255 g/mol. The highest BCUT2D eigenvalue weighted by Crippen LogP contribution is 2.23. The lowest BCUT2D eigenvalue weighted by molar-refractivity contribution is -0.312. The lowest BCUT2D eigenvalue weighted by atomic mass is 9.97. The smallest absolute Gasteiger partial charge is 0.321 e. The van der Waals surface area contributed by atoms with E-state index in [0.29, 0.717) is 6.42 Å². The van der Waals surface area contributed by atoms with Gasteiger partial charge < -0.3 is 25.9 Å². The maximum absolute atomic E-state index is 11.8. The molecule has 0 aliphatic carbocycles. The summed E-state index contributed by atoms with van der Waals surface area (Å²) in [5.41, 5.74) is 0. The Balaban J connectivity index is 2.26. The second-order valence-corrected chi connectivity index (χ2v) is 4.55. The lowest BCUT2D eigenvalue weighted by Gasteiger charge is -2.35. The number of hydrogen-bond acceptors (Lipinski definition) is 4. The van der Waals surface area contributed by atoms with Crippen molar-refractivity contribution in [3.8, 4) is 0 Å². The van der Waals surface area contributed by atoms with Gasteiger partial charge in [0.25, 0.3) is 0 Å². The molecule has 0 aromatic heterocycles. The van der Waals surface area contributed by atoms with Crippen molar-refractivity contribution in [2.75, 3.05) is 0 Å². The molecule has 18 heavy (non-hydrogen) atoms. The van der Waals surface area contributed by atoms with Gasteiger partial charge in [-0.25, -0.2) is 9.59 Å². The summed E-state index contributed by atoms with van der Waals surface area (Å²) in [5, 5.41) is 18.8. The van der Waals surface area contributed by atoms with Crippen LogP contribution in [0.2, 0.25) is 0 Å². The predicted octanol–water partition coefficient (Wildman–Crippen LogP) is -1.86. The van der Waals surface area contributed by atoms with Crippen LogP contribution in [0.4, 0.5) is 9.59 Å². The first kappa shape index (κ1) is 12.5. The highest BCUT2D eigenvalue weighted by atomic mass is 16.4. The van der Waals surface area contributed by atoms with Crippen molar-refractivity contribution >= 4 is 18.0 Å². The van der Waals surface area contributed by atoms with Gasteiger partial charge >= 0.3 is 12.1 Å². The molecular formula is C10H15N4O4-. The van der Waals surface area contributed by atoms with E-state index in [0.717, 1.165) is 4.90 Å². The molecule has 0 unspecified atom stereocenters. The van der Waals surface area contributed by atoms with Gasteiger partial charge in [-0.1, -0.05) is 20.3 Å². The van der Waals surface area contributed by atoms with E-state index >= 15 is 0 Å². The zero-order chi connectivity index (χ0) is 13.4. The molecule has 2 aliphatic rings. The number of amides is 4. The maximum Gasteiger partial charge on any atom is 0.321 e. The van der Waals surface area contributed by atoms with Gasteiger partial charge in [-0.3, -0.25) is 4.90 Å². The zero-order valence-electron chi connectivity index (χ0n) is 10.1. The molecule has 8 heteroatoms. The third kappa shape index (κ3) is 1.83. The minimum Gasteiger partial charge on any atom is -0.548 e. The molecule has 8 nitrogen and oxygen atoms in total. The Bertz CT molecular complexity index is 399. The number of carboxylic acid groups (broad SMARTS) is 1. The van der Waals surface area contributed by atoms with Crippen LogP contribution in [0.25, 0.3) is 0 Å². The summed E-state index contributed by atoms with van der Waals surface area (Å²) >= 11 is 0. The molecule has 0 radical (unpaired) electrons. The van der Waals surface area contributed by atoms with Gasteiger partial charge in [0.15, 0.2) is 0 Å². The molecule has 2 heterocycles. The number of fused-ring (bicyclic) bond motifs is 1. The highest BCUT2D eigenvalue weighted by molar-refractivity contribution is 5.88. The van der Waals surface area contributed by atoms with Crippen LogP contribution in [0, 0.1) is 5.92 Å². The van der Waals surface area contributed by atoms with E-state index in [4.69, 9.17) is 0 Å². The minimum atomic E-state index is -1.32. The Labute approximate surface area is 104 Å². The molecule has 0 bridgehead atoms. The van der Waals surface area contributed by atoms with Crippen molar-refractivity contribution in [2.24, 2.45) is 5.92 Å². The molecule has 0 aromatic carbocycles. The number of carbonyl (C=O) groups is 3. The first-order chi connectivity index (χ1) is 8.45. The van der Waals surface area contributed by atoms with Crippen LogP contribution in [0.15, 0.2) is 0 Å². The third-order valence-electron chi connectivity index (χ3n) is 3.42. The molecule has 0 spiro atoms. The van der Waals surface area contributed by atoms with E-state index in [9.17, 15) is 19.5 Å². The molecule has 4 amide bonds. The SMILES string of the molecule is CC[C@H](C)[C@@H](C(=O)[O-])N1C(=O)N[C@@H]2NC(=O)N[C@@H]21. The third-order valence-corrected chi connectivity index (χ3v) is 3.42. The van der Waals surface area contributed by atoms with Crippen LogP contribution < -0.4 is 21.1 Å². The number of hydrogen-bond donors (Lipinski definition) is 3. The molecule has 2 aliphatic heterocycles. The summed E-state index contributed by atoms with van der Waals surface area (Å²) < 4.78 is 0. The predicted molar refractivity (Wildman–Crippen MR) is 57.9 cm³/mol. The van der Waals surface area contributed by atoms with E-state index in [1.54, 1.807) is 6.92 Å². The molecule has 2 fully saturated rings. The Hall–Kier alpha value is -1.99. The molecule has 100 valence electrons. The Morgan fingerprint density at radius 2 is 2.06 bits per heavy atom. The van der Waals surface area contributed by atoms with Crippen LogP contribution >= 0.6 is 0 Å². The summed E-state index contributed by atoms with van der Waals surface area (Å²) in [6.07, 6.45) is -0.709. The number of rotatable bonds is 4. The van der Waals surface area contributed by atoms with Gasteiger partial charge in [-0.15, -0.1) is 0 Å². The van der Waals surface area contributed by atoms with Crippen molar-refractivity contribution in [1.29, 1.82) is 0 Å². The van der Waals surface area contributed by atoms with Gasteiger partial charge in [-0.2, -0.15) is 0 Å². The standard InChI is InChI=1S/C10H16N4O4/c1-3-4(2)5(8(15)16)14-7-6(12-10(14)18)11-9(17)13-7/h4-7H,3H2,1-2H3,(H,12,18)(H,15,16)(H2,11,13,17)/p-1/t4-,5-,6-,7+/m0/s1. The first-order valence-corrected chi connectivity index (χ1v) is 5.82. The van der Waals surface area contributed by atoms with Crippen LogP contribution in [0.1, 0.15) is 20.3 Å². The number of urea groups is 2. The van der Waals surface area contributed by atoms with Gasteiger partial charge in [0, 0.05) is 0 Å². The largest absolute Gasteiger partial charge is 0.548 e. The Morgan fingerprint density at radius 3 is 2.61 bits per heavy atom. The Kier molecular flexibility index (Phi) is 3.02.